The molecular formula is C15H19NO3S. The van der Waals surface area contributed by atoms with Crippen molar-refractivity contribution in [3.63, 3.8) is 0 Å². The van der Waals surface area contributed by atoms with Gasteiger partial charge in [-0.05, 0) is 11.3 Å². The summed E-state index contributed by atoms with van der Waals surface area (Å²) in [5, 5.41) is 0. The van der Waals surface area contributed by atoms with Crippen molar-refractivity contribution in [2.75, 3.05) is 24.7 Å². The molecule has 2 atom stereocenters. The zero-order valence-corrected chi connectivity index (χ0v) is 12.2. The quantitative estimate of drug-likeness (QED) is 0.850. The Morgan fingerprint density at radius 1 is 1.35 bits per heavy atom. The number of hydrogen-bond donors (Lipinski definition) is 0. The molecule has 0 aromatic heterocycles. The van der Waals surface area contributed by atoms with Crippen LogP contribution in [0.25, 0.3) is 0 Å². The fourth-order valence-corrected chi connectivity index (χ4v) is 3.47. The van der Waals surface area contributed by atoms with Crippen molar-refractivity contribution in [2.24, 2.45) is 0 Å². The van der Waals surface area contributed by atoms with Crippen LogP contribution in [0.3, 0.4) is 0 Å². The molecule has 0 spiro atoms. The highest BCUT2D eigenvalue weighted by Gasteiger charge is 2.38. The number of ether oxygens (including phenoxy) is 2. The van der Waals surface area contributed by atoms with Crippen LogP contribution in [-0.4, -0.2) is 47.8 Å². The lowest BCUT2D eigenvalue weighted by molar-refractivity contribution is -0.135. The number of carbonyl (C=O) groups excluding carboxylic acids is 1. The van der Waals surface area contributed by atoms with Gasteiger partial charge >= 0.3 is 0 Å². The number of thioether (sulfide) groups is 1. The van der Waals surface area contributed by atoms with Crippen LogP contribution in [0.4, 0.5) is 0 Å². The minimum absolute atomic E-state index is 0.0391. The molecule has 0 radical (unpaired) electrons. The Labute approximate surface area is 123 Å². The van der Waals surface area contributed by atoms with Gasteiger partial charge in [0.25, 0.3) is 0 Å². The summed E-state index contributed by atoms with van der Waals surface area (Å²) in [6, 6.07) is 10.1. The first-order valence-electron chi connectivity index (χ1n) is 6.97. The smallest absolute Gasteiger partial charge is 0.235 e. The molecule has 4 nitrogen and oxygen atoms in total. The van der Waals surface area contributed by atoms with Crippen molar-refractivity contribution in [1.29, 1.82) is 0 Å². The van der Waals surface area contributed by atoms with Crippen molar-refractivity contribution < 1.29 is 14.3 Å². The average molecular weight is 293 g/mol. The Balaban J connectivity index is 1.53. The fraction of sp³-hybridized carbons (Fsp3) is 0.533. The summed E-state index contributed by atoms with van der Waals surface area (Å²) in [6.45, 7) is 1.72. The normalized spacial score (nSPS) is 26.4. The summed E-state index contributed by atoms with van der Waals surface area (Å²) >= 11 is 1.69. The standard InChI is InChI=1S/C15H19NO3S/c17-14-11-20-7-6-15-16(14)13(10-19-15)9-18-8-12-4-2-1-3-5-12/h1-5,13,15H,6-11H2/t13-,15+/m0/s1. The number of fused-ring (bicyclic) bond motifs is 1. The zero-order chi connectivity index (χ0) is 13.8. The molecule has 2 aliphatic heterocycles. The van der Waals surface area contributed by atoms with E-state index in [2.05, 4.69) is 0 Å². The number of nitrogens with zero attached hydrogens (tertiary/aromatic N) is 1. The minimum atomic E-state index is -0.0391. The monoisotopic (exact) mass is 293 g/mol. The first-order valence-corrected chi connectivity index (χ1v) is 8.12. The SMILES string of the molecule is O=C1CSCC[C@H]2OC[C@H](COCc3ccccc3)N12. The number of rotatable bonds is 4. The maximum atomic E-state index is 12.1. The Kier molecular flexibility index (Phi) is 4.60. The topological polar surface area (TPSA) is 38.8 Å². The molecule has 0 aliphatic carbocycles. The van der Waals surface area contributed by atoms with Crippen molar-refractivity contribution in [3.05, 3.63) is 35.9 Å². The van der Waals surface area contributed by atoms with Gasteiger partial charge in [0.2, 0.25) is 5.91 Å². The molecule has 1 aromatic carbocycles. The van der Waals surface area contributed by atoms with Gasteiger partial charge in [-0.3, -0.25) is 4.79 Å². The molecule has 3 rings (SSSR count). The van der Waals surface area contributed by atoms with Crippen molar-refractivity contribution in [1.82, 2.24) is 4.90 Å². The second-order valence-electron chi connectivity index (χ2n) is 5.08. The van der Waals surface area contributed by atoms with E-state index < -0.39 is 0 Å². The van der Waals surface area contributed by atoms with E-state index in [0.29, 0.717) is 25.6 Å². The Morgan fingerprint density at radius 3 is 3.05 bits per heavy atom. The van der Waals surface area contributed by atoms with Gasteiger partial charge in [-0.25, -0.2) is 0 Å². The summed E-state index contributed by atoms with van der Waals surface area (Å²) in [6.07, 6.45) is 0.883. The van der Waals surface area contributed by atoms with Gasteiger partial charge in [0.15, 0.2) is 0 Å². The highest BCUT2D eigenvalue weighted by atomic mass is 32.2. The number of hydrogen-bond acceptors (Lipinski definition) is 4. The third-order valence-electron chi connectivity index (χ3n) is 3.63. The summed E-state index contributed by atoms with van der Waals surface area (Å²) in [5.41, 5.74) is 1.15. The van der Waals surface area contributed by atoms with E-state index >= 15 is 0 Å². The third kappa shape index (κ3) is 3.16. The minimum Gasteiger partial charge on any atom is -0.375 e. The van der Waals surface area contributed by atoms with E-state index in [1.807, 2.05) is 35.2 Å². The fourth-order valence-electron chi connectivity index (χ4n) is 2.64. The van der Waals surface area contributed by atoms with Gasteiger partial charge in [-0.1, -0.05) is 30.3 Å². The molecule has 2 saturated heterocycles. The van der Waals surface area contributed by atoms with Crippen LogP contribution in [0.5, 0.6) is 0 Å². The molecular weight excluding hydrogens is 274 g/mol. The van der Waals surface area contributed by atoms with Crippen LogP contribution < -0.4 is 0 Å². The zero-order valence-electron chi connectivity index (χ0n) is 11.4. The van der Waals surface area contributed by atoms with E-state index in [4.69, 9.17) is 9.47 Å². The van der Waals surface area contributed by atoms with E-state index in [9.17, 15) is 4.79 Å². The second-order valence-corrected chi connectivity index (χ2v) is 6.19. The number of amides is 1. The predicted octanol–water partition coefficient (Wildman–Crippen LogP) is 1.89. The molecule has 20 heavy (non-hydrogen) atoms. The maximum absolute atomic E-state index is 12.1. The second kappa shape index (κ2) is 6.61. The summed E-state index contributed by atoms with van der Waals surface area (Å²) in [5.74, 6) is 1.74. The third-order valence-corrected chi connectivity index (χ3v) is 4.60. The van der Waals surface area contributed by atoms with Gasteiger partial charge in [0.05, 0.1) is 31.6 Å². The highest BCUT2D eigenvalue weighted by molar-refractivity contribution is 7.99. The van der Waals surface area contributed by atoms with Crippen LogP contribution >= 0.6 is 11.8 Å². The molecule has 1 amide bonds. The van der Waals surface area contributed by atoms with Crippen molar-refractivity contribution in [3.8, 4) is 0 Å². The molecule has 108 valence electrons. The van der Waals surface area contributed by atoms with E-state index in [1.54, 1.807) is 11.8 Å². The first-order chi connectivity index (χ1) is 9.84. The predicted molar refractivity (Wildman–Crippen MR) is 78.4 cm³/mol. The van der Waals surface area contributed by atoms with Gasteiger partial charge in [0.1, 0.15) is 6.23 Å². The lowest BCUT2D eigenvalue weighted by atomic mass is 10.2. The number of carbonyl (C=O) groups is 1. The van der Waals surface area contributed by atoms with Gasteiger partial charge in [-0.2, -0.15) is 11.8 Å². The molecule has 2 aliphatic rings. The summed E-state index contributed by atoms with van der Waals surface area (Å²) in [4.78, 5) is 14.0. The molecule has 5 heteroatoms. The van der Waals surface area contributed by atoms with Crippen LogP contribution in [0.1, 0.15) is 12.0 Å². The largest absolute Gasteiger partial charge is 0.375 e. The molecule has 2 fully saturated rings. The van der Waals surface area contributed by atoms with E-state index in [-0.39, 0.29) is 18.2 Å². The maximum Gasteiger partial charge on any atom is 0.235 e. The molecule has 0 N–H and O–H groups in total. The number of benzene rings is 1. The lowest BCUT2D eigenvalue weighted by Gasteiger charge is -2.26. The van der Waals surface area contributed by atoms with Gasteiger partial charge in [-0.15, -0.1) is 0 Å². The average Bonchev–Trinajstić information content (AvgIpc) is 2.78. The van der Waals surface area contributed by atoms with Crippen LogP contribution in [0.15, 0.2) is 30.3 Å². The van der Waals surface area contributed by atoms with Gasteiger partial charge < -0.3 is 14.4 Å². The summed E-state index contributed by atoms with van der Waals surface area (Å²) in [7, 11) is 0. The van der Waals surface area contributed by atoms with E-state index in [0.717, 1.165) is 17.7 Å². The molecule has 2 heterocycles. The highest BCUT2D eigenvalue weighted by Crippen LogP contribution is 2.26. The van der Waals surface area contributed by atoms with Crippen molar-refractivity contribution in [2.45, 2.75) is 25.3 Å². The molecule has 0 bridgehead atoms. The molecule has 1 aromatic rings. The Bertz CT molecular complexity index is 454. The van der Waals surface area contributed by atoms with Crippen LogP contribution in [0.2, 0.25) is 0 Å². The molecule has 0 saturated carbocycles. The van der Waals surface area contributed by atoms with Gasteiger partial charge in [0, 0.05) is 6.42 Å². The van der Waals surface area contributed by atoms with Crippen molar-refractivity contribution >= 4 is 17.7 Å². The molecule has 0 unspecified atom stereocenters. The van der Waals surface area contributed by atoms with Crippen LogP contribution in [-0.2, 0) is 20.9 Å². The first kappa shape index (κ1) is 13.9. The Morgan fingerprint density at radius 2 is 2.20 bits per heavy atom. The lowest BCUT2D eigenvalue weighted by Crippen LogP contribution is -2.44. The van der Waals surface area contributed by atoms with Crippen LogP contribution in [0, 0.1) is 0 Å². The summed E-state index contributed by atoms with van der Waals surface area (Å²) < 4.78 is 11.5. The Hall–Kier alpha value is -1.04. The van der Waals surface area contributed by atoms with E-state index in [1.165, 1.54) is 0 Å².